The Bertz CT molecular complexity index is 429. The zero-order chi connectivity index (χ0) is 12.3. The Hall–Kier alpha value is -0.810. The van der Waals surface area contributed by atoms with Crippen molar-refractivity contribution in [2.24, 2.45) is 0 Å². The number of aliphatic carboxylic acids is 1. The van der Waals surface area contributed by atoms with Crippen LogP contribution in [-0.2, 0) is 11.2 Å². The summed E-state index contributed by atoms with van der Waals surface area (Å²) in [5.41, 5.74) is 0.883. The lowest BCUT2D eigenvalue weighted by Crippen LogP contribution is -2.15. The number of carbonyl (C=O) groups is 2. The van der Waals surface area contributed by atoms with Crippen molar-refractivity contribution >= 4 is 40.3 Å². The minimum absolute atomic E-state index is 0.132. The average Bonchev–Trinajstić information content (AvgIpc) is 2.19. The molecule has 1 N–H and O–H groups in total. The molecule has 1 aromatic carbocycles. The second-order valence-corrected chi connectivity index (χ2v) is 5.21. The minimum atomic E-state index is -0.974. The zero-order valence-corrected chi connectivity index (χ0v) is 11.1. The van der Waals surface area contributed by atoms with Crippen LogP contribution in [0.4, 0.5) is 0 Å². The molecule has 0 amide bonds. The molecule has 0 radical (unpaired) electrons. The SMILES string of the molecule is CC(Br)C(=O)c1cccc(S)c1CC(=O)O. The fourth-order valence-electron chi connectivity index (χ4n) is 1.36. The van der Waals surface area contributed by atoms with E-state index in [-0.39, 0.29) is 17.0 Å². The van der Waals surface area contributed by atoms with E-state index in [0.29, 0.717) is 16.0 Å². The van der Waals surface area contributed by atoms with Gasteiger partial charge >= 0.3 is 5.97 Å². The van der Waals surface area contributed by atoms with Crippen LogP contribution in [0.5, 0.6) is 0 Å². The van der Waals surface area contributed by atoms with E-state index in [4.69, 9.17) is 5.11 Å². The topological polar surface area (TPSA) is 54.4 Å². The molecule has 0 spiro atoms. The van der Waals surface area contributed by atoms with Gasteiger partial charge in [0.25, 0.3) is 0 Å². The monoisotopic (exact) mass is 302 g/mol. The summed E-state index contributed by atoms with van der Waals surface area (Å²) in [6.07, 6.45) is -0.194. The molecule has 0 aliphatic carbocycles. The fraction of sp³-hybridized carbons (Fsp3) is 0.273. The quantitative estimate of drug-likeness (QED) is 0.510. The van der Waals surface area contributed by atoms with Crippen molar-refractivity contribution in [2.45, 2.75) is 23.1 Å². The highest BCUT2D eigenvalue weighted by atomic mass is 79.9. The van der Waals surface area contributed by atoms with E-state index in [2.05, 4.69) is 28.6 Å². The second-order valence-electron chi connectivity index (χ2n) is 3.35. The Labute approximate surface area is 107 Å². The number of ketones is 1. The van der Waals surface area contributed by atoms with Crippen LogP contribution in [0, 0.1) is 0 Å². The van der Waals surface area contributed by atoms with Gasteiger partial charge in [0.1, 0.15) is 0 Å². The molecule has 0 heterocycles. The molecule has 86 valence electrons. The Morgan fingerprint density at radius 3 is 2.62 bits per heavy atom. The Balaban J connectivity index is 3.22. The molecule has 0 saturated heterocycles. The predicted octanol–water partition coefficient (Wildman–Crippen LogP) is 2.57. The summed E-state index contributed by atoms with van der Waals surface area (Å²) in [5.74, 6) is -1.11. The molecule has 1 unspecified atom stereocenters. The molecule has 3 nitrogen and oxygen atoms in total. The van der Waals surface area contributed by atoms with Gasteiger partial charge in [0.15, 0.2) is 5.78 Å². The minimum Gasteiger partial charge on any atom is -0.481 e. The molecule has 5 heteroatoms. The molecule has 0 aromatic heterocycles. The maximum atomic E-state index is 11.8. The van der Waals surface area contributed by atoms with Crippen molar-refractivity contribution in [2.75, 3.05) is 0 Å². The molecule has 0 fully saturated rings. The van der Waals surface area contributed by atoms with Crippen LogP contribution in [0.2, 0.25) is 0 Å². The summed E-state index contributed by atoms with van der Waals surface area (Å²) in [6, 6.07) is 4.99. The lowest BCUT2D eigenvalue weighted by molar-refractivity contribution is -0.136. The van der Waals surface area contributed by atoms with Crippen LogP contribution < -0.4 is 0 Å². The Morgan fingerprint density at radius 2 is 2.12 bits per heavy atom. The van der Waals surface area contributed by atoms with Gasteiger partial charge in [-0.1, -0.05) is 28.1 Å². The Kier molecular flexibility index (Phi) is 4.56. The van der Waals surface area contributed by atoms with E-state index in [0.717, 1.165) is 0 Å². The van der Waals surface area contributed by atoms with Crippen molar-refractivity contribution in [3.8, 4) is 0 Å². The summed E-state index contributed by atoms with van der Waals surface area (Å²) < 4.78 is 0. The number of rotatable bonds is 4. The van der Waals surface area contributed by atoms with Crippen molar-refractivity contribution in [3.63, 3.8) is 0 Å². The highest BCUT2D eigenvalue weighted by molar-refractivity contribution is 9.10. The van der Waals surface area contributed by atoms with Crippen molar-refractivity contribution in [1.82, 2.24) is 0 Å². The first-order chi connectivity index (χ1) is 7.43. The summed E-state index contributed by atoms with van der Waals surface area (Å²) in [5, 5.41) is 8.78. The van der Waals surface area contributed by atoms with Gasteiger partial charge in [0.05, 0.1) is 11.2 Å². The van der Waals surface area contributed by atoms with Gasteiger partial charge in [-0.15, -0.1) is 12.6 Å². The number of carboxylic acids is 1. The van der Waals surface area contributed by atoms with Crippen molar-refractivity contribution < 1.29 is 14.7 Å². The van der Waals surface area contributed by atoms with Gasteiger partial charge < -0.3 is 5.11 Å². The first-order valence-electron chi connectivity index (χ1n) is 4.64. The van der Waals surface area contributed by atoms with E-state index in [1.165, 1.54) is 0 Å². The normalized spacial score (nSPS) is 12.2. The van der Waals surface area contributed by atoms with Crippen LogP contribution in [0.3, 0.4) is 0 Å². The van der Waals surface area contributed by atoms with Gasteiger partial charge in [0.2, 0.25) is 0 Å². The van der Waals surface area contributed by atoms with E-state index < -0.39 is 5.97 Å². The van der Waals surface area contributed by atoms with Gasteiger partial charge in [-0.2, -0.15) is 0 Å². The molecule has 16 heavy (non-hydrogen) atoms. The summed E-state index contributed by atoms with van der Waals surface area (Å²) in [4.78, 5) is 22.7. The van der Waals surface area contributed by atoms with Crippen LogP contribution in [0.1, 0.15) is 22.8 Å². The molecule has 0 bridgehead atoms. The number of benzene rings is 1. The highest BCUT2D eigenvalue weighted by Gasteiger charge is 2.18. The fourth-order valence-corrected chi connectivity index (χ4v) is 1.89. The maximum Gasteiger partial charge on any atom is 0.307 e. The van der Waals surface area contributed by atoms with Crippen LogP contribution in [0.25, 0.3) is 0 Å². The summed E-state index contributed by atoms with van der Waals surface area (Å²) in [7, 11) is 0. The molecule has 1 rings (SSSR count). The molecule has 1 atom stereocenters. The number of carboxylic acid groups (broad SMARTS) is 1. The highest BCUT2D eigenvalue weighted by Crippen LogP contribution is 2.22. The average molecular weight is 303 g/mol. The van der Waals surface area contributed by atoms with Gasteiger partial charge in [-0.05, 0) is 18.6 Å². The van der Waals surface area contributed by atoms with E-state index in [9.17, 15) is 9.59 Å². The standard InChI is InChI=1S/C11H11BrO3S/c1-6(12)11(15)7-3-2-4-9(16)8(7)5-10(13)14/h2-4,6,16H,5H2,1H3,(H,13,14). The number of carbonyl (C=O) groups excluding carboxylic acids is 1. The second kappa shape index (κ2) is 5.50. The number of halogens is 1. The number of alkyl halides is 1. The third-order valence-electron chi connectivity index (χ3n) is 2.11. The summed E-state index contributed by atoms with van der Waals surface area (Å²) >= 11 is 7.35. The predicted molar refractivity (Wildman–Crippen MR) is 67.8 cm³/mol. The third kappa shape index (κ3) is 3.09. The van der Waals surface area contributed by atoms with Crippen LogP contribution >= 0.6 is 28.6 Å². The van der Waals surface area contributed by atoms with Gasteiger partial charge in [-0.25, -0.2) is 0 Å². The van der Waals surface area contributed by atoms with Crippen LogP contribution in [0.15, 0.2) is 23.1 Å². The molecule has 0 saturated carbocycles. The van der Waals surface area contributed by atoms with E-state index >= 15 is 0 Å². The maximum absolute atomic E-state index is 11.8. The number of hydrogen-bond donors (Lipinski definition) is 2. The van der Waals surface area contributed by atoms with Crippen molar-refractivity contribution in [1.29, 1.82) is 0 Å². The van der Waals surface area contributed by atoms with Crippen LogP contribution in [-0.4, -0.2) is 21.7 Å². The molecular formula is C11H11BrO3S. The smallest absolute Gasteiger partial charge is 0.307 e. The van der Waals surface area contributed by atoms with Crippen molar-refractivity contribution in [3.05, 3.63) is 29.3 Å². The number of hydrogen-bond acceptors (Lipinski definition) is 3. The van der Waals surface area contributed by atoms with E-state index in [1.807, 2.05) is 0 Å². The Morgan fingerprint density at radius 1 is 1.50 bits per heavy atom. The van der Waals surface area contributed by atoms with E-state index in [1.54, 1.807) is 25.1 Å². The molecule has 0 aliphatic rings. The zero-order valence-electron chi connectivity index (χ0n) is 8.61. The number of Topliss-reactive ketones (excluding diaryl/α,β-unsaturated/α-hetero) is 1. The number of thiol groups is 1. The largest absolute Gasteiger partial charge is 0.481 e. The van der Waals surface area contributed by atoms with Gasteiger partial charge in [0, 0.05) is 10.5 Å². The third-order valence-corrected chi connectivity index (χ3v) is 2.94. The summed E-state index contributed by atoms with van der Waals surface area (Å²) in [6.45, 7) is 1.71. The lowest BCUT2D eigenvalue weighted by atomic mass is 9.99. The lowest BCUT2D eigenvalue weighted by Gasteiger charge is -2.10. The first-order valence-corrected chi connectivity index (χ1v) is 6.00. The molecular weight excluding hydrogens is 292 g/mol. The molecule has 1 aromatic rings. The van der Waals surface area contributed by atoms with Gasteiger partial charge in [-0.3, -0.25) is 9.59 Å². The first kappa shape index (κ1) is 13.3. The molecule has 0 aliphatic heterocycles.